The van der Waals surface area contributed by atoms with E-state index in [9.17, 15) is 9.59 Å². The van der Waals surface area contributed by atoms with E-state index in [1.807, 2.05) is 12.3 Å². The van der Waals surface area contributed by atoms with Gasteiger partial charge in [-0.05, 0) is 42.2 Å². The molecule has 3 aliphatic rings. The van der Waals surface area contributed by atoms with E-state index in [2.05, 4.69) is 52.7 Å². The van der Waals surface area contributed by atoms with Crippen molar-refractivity contribution >= 4 is 17.8 Å². The van der Waals surface area contributed by atoms with Crippen LogP contribution in [0.25, 0.3) is 0 Å². The summed E-state index contributed by atoms with van der Waals surface area (Å²) in [5.41, 5.74) is 1.21. The lowest BCUT2D eigenvalue weighted by atomic mass is 9.85. The molecule has 2 fully saturated rings. The number of guanidine groups is 1. The molecule has 1 saturated carbocycles. The minimum absolute atomic E-state index is 0.0330. The van der Waals surface area contributed by atoms with Gasteiger partial charge in [0.05, 0.1) is 11.8 Å². The molecule has 0 aromatic carbocycles. The molecule has 7 heteroatoms. The van der Waals surface area contributed by atoms with Gasteiger partial charge in [0.1, 0.15) is 0 Å². The van der Waals surface area contributed by atoms with Gasteiger partial charge in [0.15, 0.2) is 5.96 Å². The van der Waals surface area contributed by atoms with Crippen LogP contribution in [0.15, 0.2) is 41.7 Å². The number of allylic oxidation sites excluding steroid dienone is 2. The average molecular weight is 424 g/mol. The molecule has 0 radical (unpaired) electrons. The molecule has 2 aliphatic carbocycles. The van der Waals surface area contributed by atoms with Crippen LogP contribution < -0.4 is 10.6 Å². The number of carbonyl (C=O) groups is 2. The number of likely N-dealkylation sites (tertiary alicyclic amines) is 1. The SMILES string of the molecule is CN=C(NCCCN1C(=O)C2C3C=CC(C3)C2C1=O)NCC(c1cccnc1)C(C)C. The van der Waals surface area contributed by atoms with E-state index < -0.39 is 0 Å². The molecule has 7 nitrogen and oxygen atoms in total. The summed E-state index contributed by atoms with van der Waals surface area (Å²) in [7, 11) is 1.75. The lowest BCUT2D eigenvalue weighted by Crippen LogP contribution is -2.41. The second-order valence-corrected chi connectivity index (χ2v) is 9.20. The zero-order chi connectivity index (χ0) is 22.0. The van der Waals surface area contributed by atoms with Crippen LogP contribution >= 0.6 is 0 Å². The minimum atomic E-state index is -0.106. The predicted molar refractivity (Wildman–Crippen MR) is 120 cm³/mol. The Labute approximate surface area is 184 Å². The molecule has 2 amide bonds. The highest BCUT2D eigenvalue weighted by atomic mass is 16.2. The van der Waals surface area contributed by atoms with Crippen molar-refractivity contribution in [2.75, 3.05) is 26.7 Å². The van der Waals surface area contributed by atoms with Crippen molar-refractivity contribution in [1.82, 2.24) is 20.5 Å². The van der Waals surface area contributed by atoms with Crippen LogP contribution in [0.1, 0.15) is 38.2 Å². The molecule has 2 bridgehead atoms. The third-order valence-corrected chi connectivity index (χ3v) is 7.04. The van der Waals surface area contributed by atoms with Gasteiger partial charge in [-0.15, -0.1) is 0 Å². The number of amides is 2. The van der Waals surface area contributed by atoms with Gasteiger partial charge in [0, 0.05) is 45.0 Å². The first kappa shape index (κ1) is 21.5. The number of aliphatic imine (C=N–C) groups is 1. The fourth-order valence-corrected chi connectivity index (χ4v) is 5.39. The Bertz CT molecular complexity index is 836. The Kier molecular flexibility index (Phi) is 6.39. The Balaban J connectivity index is 1.23. The van der Waals surface area contributed by atoms with Crippen molar-refractivity contribution in [3.05, 3.63) is 42.2 Å². The molecule has 31 heavy (non-hydrogen) atoms. The fraction of sp³-hybridized carbons (Fsp3) is 0.583. The van der Waals surface area contributed by atoms with Crippen LogP contribution in [-0.4, -0.2) is 54.3 Å². The number of nitrogens with zero attached hydrogens (tertiary/aromatic N) is 3. The van der Waals surface area contributed by atoms with Gasteiger partial charge in [0.25, 0.3) is 0 Å². The summed E-state index contributed by atoms with van der Waals surface area (Å²) in [5.74, 6) is 1.92. The first-order chi connectivity index (χ1) is 15.0. The Morgan fingerprint density at radius 2 is 1.90 bits per heavy atom. The number of imide groups is 1. The average Bonchev–Trinajstić information content (AvgIpc) is 3.45. The van der Waals surface area contributed by atoms with Crippen LogP contribution in [0, 0.1) is 29.6 Å². The second-order valence-electron chi connectivity index (χ2n) is 9.20. The highest BCUT2D eigenvalue weighted by molar-refractivity contribution is 6.06. The molecular weight excluding hydrogens is 390 g/mol. The van der Waals surface area contributed by atoms with Crippen LogP contribution in [0.2, 0.25) is 0 Å². The van der Waals surface area contributed by atoms with Crippen LogP contribution in [0.3, 0.4) is 0 Å². The summed E-state index contributed by atoms with van der Waals surface area (Å²) in [6.07, 6.45) is 9.65. The standard InChI is InChI=1S/C24H33N5O2/c1-15(2)19(18-6-4-9-26-13-18)14-28-24(25-3)27-10-5-11-29-22(30)20-16-7-8-17(12-16)21(20)23(29)31/h4,6-9,13,15-17,19-21H,5,10-12,14H2,1-3H3,(H2,25,27,28). The topological polar surface area (TPSA) is 86.7 Å². The summed E-state index contributed by atoms with van der Waals surface area (Å²) in [5, 5.41) is 6.71. The summed E-state index contributed by atoms with van der Waals surface area (Å²) in [6, 6.07) is 4.07. The zero-order valence-corrected chi connectivity index (χ0v) is 18.6. The molecule has 1 aliphatic heterocycles. The maximum Gasteiger partial charge on any atom is 0.233 e. The number of carbonyl (C=O) groups excluding carboxylic acids is 2. The summed E-state index contributed by atoms with van der Waals surface area (Å²) in [4.78, 5) is 35.6. The molecule has 0 spiro atoms. The maximum absolute atomic E-state index is 12.8. The molecule has 5 atom stereocenters. The van der Waals surface area contributed by atoms with Gasteiger partial charge in [-0.2, -0.15) is 0 Å². The van der Waals surface area contributed by atoms with E-state index in [-0.39, 0.29) is 35.5 Å². The van der Waals surface area contributed by atoms with Crippen molar-refractivity contribution in [3.8, 4) is 0 Å². The minimum Gasteiger partial charge on any atom is -0.356 e. The Morgan fingerprint density at radius 1 is 1.19 bits per heavy atom. The molecule has 166 valence electrons. The summed E-state index contributed by atoms with van der Waals surface area (Å²) in [6.45, 7) is 6.29. The molecule has 2 heterocycles. The lowest BCUT2D eigenvalue weighted by molar-refractivity contribution is -0.140. The van der Waals surface area contributed by atoms with Crippen molar-refractivity contribution < 1.29 is 9.59 Å². The van der Waals surface area contributed by atoms with Gasteiger partial charge in [-0.25, -0.2) is 0 Å². The molecule has 4 rings (SSSR count). The zero-order valence-electron chi connectivity index (χ0n) is 18.6. The predicted octanol–water partition coefficient (Wildman–Crippen LogP) is 2.18. The number of hydrogen-bond donors (Lipinski definition) is 2. The number of aromatic nitrogens is 1. The second kappa shape index (κ2) is 9.20. The molecule has 1 aromatic heterocycles. The highest BCUT2D eigenvalue weighted by Crippen LogP contribution is 2.52. The van der Waals surface area contributed by atoms with Crippen molar-refractivity contribution in [3.63, 3.8) is 0 Å². The van der Waals surface area contributed by atoms with E-state index in [0.717, 1.165) is 18.9 Å². The first-order valence-electron chi connectivity index (χ1n) is 11.4. The van der Waals surface area contributed by atoms with Gasteiger partial charge < -0.3 is 10.6 Å². The highest BCUT2D eigenvalue weighted by Gasteiger charge is 2.58. The van der Waals surface area contributed by atoms with Crippen LogP contribution in [-0.2, 0) is 9.59 Å². The summed E-state index contributed by atoms with van der Waals surface area (Å²) >= 11 is 0. The van der Waals surface area contributed by atoms with E-state index in [1.54, 1.807) is 13.2 Å². The molecule has 5 unspecified atom stereocenters. The molecule has 1 saturated heterocycles. The van der Waals surface area contributed by atoms with Crippen molar-refractivity contribution in [2.45, 2.75) is 32.6 Å². The van der Waals surface area contributed by atoms with Gasteiger partial charge in [-0.1, -0.05) is 32.1 Å². The van der Waals surface area contributed by atoms with E-state index >= 15 is 0 Å². The maximum atomic E-state index is 12.8. The van der Waals surface area contributed by atoms with E-state index in [1.165, 1.54) is 10.5 Å². The number of hydrogen-bond acceptors (Lipinski definition) is 4. The summed E-state index contributed by atoms with van der Waals surface area (Å²) < 4.78 is 0. The molecule has 2 N–H and O–H groups in total. The number of fused-ring (bicyclic) bond motifs is 5. The van der Waals surface area contributed by atoms with Crippen molar-refractivity contribution in [2.24, 2.45) is 34.6 Å². The lowest BCUT2D eigenvalue weighted by Gasteiger charge is -2.23. The Morgan fingerprint density at radius 3 is 2.48 bits per heavy atom. The fourth-order valence-electron chi connectivity index (χ4n) is 5.39. The monoisotopic (exact) mass is 423 g/mol. The van der Waals surface area contributed by atoms with Crippen molar-refractivity contribution in [1.29, 1.82) is 0 Å². The van der Waals surface area contributed by atoms with Crippen LogP contribution in [0.4, 0.5) is 0 Å². The van der Waals surface area contributed by atoms with Gasteiger partial charge in [-0.3, -0.25) is 24.5 Å². The molecule has 1 aromatic rings. The number of nitrogens with one attached hydrogen (secondary N) is 2. The Hall–Kier alpha value is -2.70. The first-order valence-corrected chi connectivity index (χ1v) is 11.4. The largest absolute Gasteiger partial charge is 0.356 e. The quantitative estimate of drug-likeness (QED) is 0.220. The number of pyridine rings is 1. The normalized spacial score (nSPS) is 27.9. The third kappa shape index (κ3) is 4.23. The van der Waals surface area contributed by atoms with E-state index in [4.69, 9.17) is 0 Å². The number of rotatable bonds is 8. The van der Waals surface area contributed by atoms with Gasteiger partial charge >= 0.3 is 0 Å². The van der Waals surface area contributed by atoms with Gasteiger partial charge in [0.2, 0.25) is 11.8 Å². The molecular formula is C24H33N5O2. The van der Waals surface area contributed by atoms with E-state index in [0.29, 0.717) is 31.3 Å². The smallest absolute Gasteiger partial charge is 0.233 e. The third-order valence-electron chi connectivity index (χ3n) is 7.04. The van der Waals surface area contributed by atoms with Crippen LogP contribution in [0.5, 0.6) is 0 Å².